The Bertz CT molecular complexity index is 438. The van der Waals surface area contributed by atoms with Crippen LogP contribution in [0.15, 0.2) is 35.4 Å². The zero-order valence-electron chi connectivity index (χ0n) is 15.6. The van der Waals surface area contributed by atoms with Gasteiger partial charge in [-0.1, -0.05) is 74.2 Å². The summed E-state index contributed by atoms with van der Waals surface area (Å²) in [4.78, 5) is 11.3. The molecule has 0 spiro atoms. The van der Waals surface area contributed by atoms with Crippen molar-refractivity contribution in [2.45, 2.75) is 74.1 Å². The van der Waals surface area contributed by atoms with Crippen molar-refractivity contribution in [2.24, 2.45) is 5.92 Å². The number of allylic oxidation sites excluding steroid dienone is 2. The van der Waals surface area contributed by atoms with Gasteiger partial charge < -0.3 is 0 Å². The Morgan fingerprint density at radius 2 is 1.45 bits per heavy atom. The van der Waals surface area contributed by atoms with Crippen LogP contribution in [0.5, 0.6) is 0 Å². The van der Waals surface area contributed by atoms with Crippen molar-refractivity contribution in [1.29, 1.82) is 0 Å². The van der Waals surface area contributed by atoms with Gasteiger partial charge in [0.2, 0.25) is 0 Å². The summed E-state index contributed by atoms with van der Waals surface area (Å²) in [5.41, 5.74) is 5.71. The summed E-state index contributed by atoms with van der Waals surface area (Å²) >= 11 is 0. The lowest BCUT2D eigenvalue weighted by molar-refractivity contribution is -0.122. The molecule has 0 N–H and O–H groups in total. The van der Waals surface area contributed by atoms with Crippen LogP contribution < -0.4 is 0 Å². The van der Waals surface area contributed by atoms with E-state index in [2.05, 4.69) is 45.0 Å². The minimum absolute atomic E-state index is 0.239. The van der Waals surface area contributed by atoms with Crippen molar-refractivity contribution in [1.82, 2.24) is 0 Å². The molecule has 1 aromatic rings. The fourth-order valence-corrected chi connectivity index (χ4v) is 2.19. The smallest absolute Gasteiger partial charge is 0.135 e. The van der Waals surface area contributed by atoms with Gasteiger partial charge >= 0.3 is 0 Å². The quantitative estimate of drug-likeness (QED) is 0.585. The van der Waals surface area contributed by atoms with Gasteiger partial charge in [0.05, 0.1) is 0 Å². The molecule has 1 saturated carbocycles. The summed E-state index contributed by atoms with van der Waals surface area (Å²) < 4.78 is 0. The third-order valence-electron chi connectivity index (χ3n) is 3.83. The largest absolute Gasteiger partial charge is 0.299 e. The van der Waals surface area contributed by atoms with Crippen LogP contribution in [0.1, 0.15) is 71.4 Å². The van der Waals surface area contributed by atoms with Crippen LogP contribution >= 0.6 is 0 Å². The van der Waals surface area contributed by atoms with Crippen LogP contribution in [-0.2, 0) is 4.79 Å². The fourth-order valence-electron chi connectivity index (χ4n) is 2.19. The average Bonchev–Trinajstić information content (AvgIpc) is 3.36. The molecule has 0 aliphatic heterocycles. The summed E-state index contributed by atoms with van der Waals surface area (Å²) in [6.45, 7) is 14.3. The van der Waals surface area contributed by atoms with E-state index in [1.165, 1.54) is 29.5 Å². The number of Topliss-reactive ketones (excluding diaryl/α,β-unsaturated/α-hetero) is 1. The summed E-state index contributed by atoms with van der Waals surface area (Å²) in [6, 6.07) is 8.48. The van der Waals surface area contributed by atoms with E-state index in [1.807, 2.05) is 27.7 Å². The summed E-state index contributed by atoms with van der Waals surface area (Å²) in [5, 5.41) is 0. The number of rotatable bonds is 4. The molecule has 1 aliphatic rings. The standard InChI is InChI=1S/C11H18O.C8H10.C2H6/c1-4-11(12)9(3)7-8(2)10-5-6-10;1-7-3-5-8(2)6-4-7;1-2/h9H,4-7H2,1-3H3;3-6H,1-2H3;1-2H3. The highest BCUT2D eigenvalue weighted by atomic mass is 16.1. The third-order valence-corrected chi connectivity index (χ3v) is 3.83. The first-order valence-electron chi connectivity index (χ1n) is 8.67. The summed E-state index contributed by atoms with van der Waals surface area (Å²) in [6.07, 6.45) is 4.23. The van der Waals surface area contributed by atoms with Crippen LogP contribution in [0, 0.1) is 19.8 Å². The maximum Gasteiger partial charge on any atom is 0.135 e. The minimum Gasteiger partial charge on any atom is -0.299 e. The monoisotopic (exact) mass is 302 g/mol. The number of carbonyl (C=O) groups is 1. The zero-order valence-corrected chi connectivity index (χ0v) is 15.6. The maximum atomic E-state index is 11.3. The Morgan fingerprint density at radius 1 is 1.05 bits per heavy atom. The van der Waals surface area contributed by atoms with Gasteiger partial charge in [0.1, 0.15) is 5.78 Å². The van der Waals surface area contributed by atoms with Crippen molar-refractivity contribution in [3.8, 4) is 0 Å². The Morgan fingerprint density at radius 3 is 1.77 bits per heavy atom. The molecular weight excluding hydrogens is 268 g/mol. The van der Waals surface area contributed by atoms with Gasteiger partial charge in [0.15, 0.2) is 0 Å². The van der Waals surface area contributed by atoms with Gasteiger partial charge in [-0.05, 0) is 40.0 Å². The van der Waals surface area contributed by atoms with Gasteiger partial charge in [0, 0.05) is 12.3 Å². The number of ketones is 1. The van der Waals surface area contributed by atoms with E-state index >= 15 is 0 Å². The van der Waals surface area contributed by atoms with Gasteiger partial charge in [-0.2, -0.15) is 0 Å². The van der Waals surface area contributed by atoms with Crippen molar-refractivity contribution in [2.75, 3.05) is 0 Å². The normalized spacial score (nSPS) is 13.1. The van der Waals surface area contributed by atoms with Crippen molar-refractivity contribution >= 4 is 5.78 Å². The molecule has 0 saturated heterocycles. The Balaban J connectivity index is 0.000000382. The average molecular weight is 303 g/mol. The molecule has 1 aliphatic carbocycles. The van der Waals surface area contributed by atoms with E-state index in [-0.39, 0.29) is 5.92 Å². The first kappa shape index (κ1) is 20.6. The number of carbonyl (C=O) groups excluding carboxylic acids is 1. The predicted molar refractivity (Wildman–Crippen MR) is 98.3 cm³/mol. The van der Waals surface area contributed by atoms with Crippen molar-refractivity contribution in [3.05, 3.63) is 46.5 Å². The van der Waals surface area contributed by atoms with E-state index in [9.17, 15) is 4.79 Å². The van der Waals surface area contributed by atoms with Crippen molar-refractivity contribution < 1.29 is 4.79 Å². The molecule has 0 heterocycles. The minimum atomic E-state index is 0.239. The Hall–Kier alpha value is -1.37. The van der Waals surface area contributed by atoms with Crippen LogP contribution in [-0.4, -0.2) is 5.78 Å². The lowest BCUT2D eigenvalue weighted by atomic mass is 9.96. The molecule has 1 heteroatoms. The molecule has 22 heavy (non-hydrogen) atoms. The van der Waals surface area contributed by atoms with Crippen LogP contribution in [0.4, 0.5) is 0 Å². The highest BCUT2D eigenvalue weighted by Gasteiger charge is 2.18. The second-order valence-corrected chi connectivity index (χ2v) is 5.96. The van der Waals surface area contributed by atoms with E-state index in [1.54, 1.807) is 5.57 Å². The molecule has 0 amide bonds. The molecule has 1 aromatic carbocycles. The van der Waals surface area contributed by atoms with E-state index < -0.39 is 0 Å². The summed E-state index contributed by atoms with van der Waals surface area (Å²) in [5.74, 6) is 0.638. The molecule has 0 aromatic heterocycles. The lowest BCUT2D eigenvalue weighted by Gasteiger charge is -2.08. The maximum absolute atomic E-state index is 11.3. The Labute approximate surface area is 137 Å². The number of benzene rings is 1. The molecule has 1 fully saturated rings. The number of aryl methyl sites for hydroxylation is 2. The molecule has 2 rings (SSSR count). The van der Waals surface area contributed by atoms with Gasteiger partial charge in [-0.3, -0.25) is 4.79 Å². The lowest BCUT2D eigenvalue weighted by Crippen LogP contribution is -2.09. The summed E-state index contributed by atoms with van der Waals surface area (Å²) in [7, 11) is 0. The van der Waals surface area contributed by atoms with Crippen LogP contribution in [0.3, 0.4) is 0 Å². The van der Waals surface area contributed by atoms with Crippen LogP contribution in [0.2, 0.25) is 0 Å². The van der Waals surface area contributed by atoms with Gasteiger partial charge in [0.25, 0.3) is 0 Å². The first-order valence-corrected chi connectivity index (χ1v) is 8.67. The van der Waals surface area contributed by atoms with E-state index in [4.69, 9.17) is 0 Å². The molecule has 0 bridgehead atoms. The highest BCUT2D eigenvalue weighted by molar-refractivity contribution is 5.80. The third kappa shape index (κ3) is 8.81. The SMILES string of the molecule is CC.CCC(=O)C(C)CC(C)=C1CC1.Cc1ccc(C)cc1. The first-order chi connectivity index (χ1) is 10.4. The van der Waals surface area contributed by atoms with Crippen LogP contribution in [0.25, 0.3) is 0 Å². The Kier molecular flexibility index (Phi) is 10.5. The van der Waals surface area contributed by atoms with Gasteiger partial charge in [-0.15, -0.1) is 0 Å². The molecule has 0 radical (unpaired) electrons. The second kappa shape index (κ2) is 11.2. The zero-order chi connectivity index (χ0) is 17.1. The van der Waals surface area contributed by atoms with E-state index in [0.717, 1.165) is 6.42 Å². The second-order valence-electron chi connectivity index (χ2n) is 5.96. The molecular formula is C21H34O. The number of hydrogen-bond donors (Lipinski definition) is 0. The fraction of sp³-hybridized carbons (Fsp3) is 0.571. The molecule has 1 nitrogen and oxygen atoms in total. The highest BCUT2D eigenvalue weighted by Crippen LogP contribution is 2.34. The van der Waals surface area contributed by atoms with Crippen molar-refractivity contribution in [3.63, 3.8) is 0 Å². The van der Waals surface area contributed by atoms with Gasteiger partial charge in [-0.25, -0.2) is 0 Å². The molecule has 1 unspecified atom stereocenters. The molecule has 1 atom stereocenters. The molecule has 124 valence electrons. The van der Waals surface area contributed by atoms with E-state index in [0.29, 0.717) is 12.2 Å². The number of hydrogen-bond acceptors (Lipinski definition) is 1. The predicted octanol–water partition coefficient (Wildman–Crippen LogP) is 6.43. The topological polar surface area (TPSA) is 17.1 Å².